The van der Waals surface area contributed by atoms with E-state index < -0.39 is 0 Å². The van der Waals surface area contributed by atoms with E-state index in [1.807, 2.05) is 7.05 Å². The molecule has 1 unspecified atom stereocenters. The number of halogens is 1. The second-order valence-corrected chi connectivity index (χ2v) is 8.20. The monoisotopic (exact) mass is 530 g/mol. The van der Waals surface area contributed by atoms with Gasteiger partial charge in [0, 0.05) is 65.7 Å². The van der Waals surface area contributed by atoms with Crippen LogP contribution >= 0.6 is 24.0 Å². The number of hydrogen-bond acceptors (Lipinski definition) is 4. The minimum absolute atomic E-state index is 0. The first-order valence-electron chi connectivity index (χ1n) is 11.2. The molecule has 3 rings (SSSR count). The lowest BCUT2D eigenvalue weighted by Gasteiger charge is -2.34. The largest absolute Gasteiger partial charge is 0.381 e. The van der Waals surface area contributed by atoms with E-state index in [9.17, 15) is 0 Å². The Morgan fingerprint density at radius 1 is 1.23 bits per heavy atom. The molecule has 6 nitrogen and oxygen atoms in total. The number of nitrogens with zero attached hydrogens (tertiary/aromatic N) is 2. The summed E-state index contributed by atoms with van der Waals surface area (Å²) < 4.78 is 11.2. The lowest BCUT2D eigenvalue weighted by Crippen LogP contribution is -2.47. The molecular formula is C23H39IN4O2. The lowest BCUT2D eigenvalue weighted by atomic mass is 9.99. The summed E-state index contributed by atoms with van der Waals surface area (Å²) in [5.41, 5.74) is 2.97. The van der Waals surface area contributed by atoms with Crippen molar-refractivity contribution in [2.75, 3.05) is 53.1 Å². The Bertz CT molecular complexity index is 637. The van der Waals surface area contributed by atoms with Gasteiger partial charge in [0.25, 0.3) is 0 Å². The van der Waals surface area contributed by atoms with Crippen molar-refractivity contribution in [2.45, 2.75) is 45.2 Å². The summed E-state index contributed by atoms with van der Waals surface area (Å²) >= 11 is 0. The fraction of sp³-hybridized carbons (Fsp3) is 0.696. The number of fused-ring (bicyclic) bond motifs is 1. The van der Waals surface area contributed by atoms with Gasteiger partial charge in [-0.15, -0.1) is 24.0 Å². The molecule has 0 spiro atoms. The van der Waals surface area contributed by atoms with E-state index in [4.69, 9.17) is 9.47 Å². The van der Waals surface area contributed by atoms with Crippen LogP contribution in [0.1, 0.15) is 37.3 Å². The Kier molecular flexibility index (Phi) is 12.0. The zero-order valence-corrected chi connectivity index (χ0v) is 20.9. The predicted octanol–water partition coefficient (Wildman–Crippen LogP) is 3.05. The summed E-state index contributed by atoms with van der Waals surface area (Å²) in [6, 6.07) is 9.26. The van der Waals surface area contributed by atoms with Crippen LogP contribution in [0.4, 0.5) is 0 Å². The quantitative estimate of drug-likeness (QED) is 0.223. The molecule has 1 aromatic rings. The lowest BCUT2D eigenvalue weighted by molar-refractivity contribution is 0.0203. The van der Waals surface area contributed by atoms with Gasteiger partial charge < -0.3 is 20.1 Å². The van der Waals surface area contributed by atoms with Gasteiger partial charge in [-0.05, 0) is 49.7 Å². The van der Waals surface area contributed by atoms with Gasteiger partial charge in [-0.25, -0.2) is 0 Å². The second-order valence-electron chi connectivity index (χ2n) is 8.20. The fourth-order valence-corrected chi connectivity index (χ4v) is 4.03. The third-order valence-corrected chi connectivity index (χ3v) is 6.02. The van der Waals surface area contributed by atoms with Crippen LogP contribution in [0.5, 0.6) is 0 Å². The number of nitrogens with one attached hydrogen (secondary N) is 2. The number of hydrogen-bond donors (Lipinski definition) is 2. The Morgan fingerprint density at radius 3 is 2.77 bits per heavy atom. The third kappa shape index (κ3) is 8.32. The second kappa shape index (κ2) is 14.2. The first-order valence-corrected chi connectivity index (χ1v) is 11.2. The molecule has 1 fully saturated rings. The summed E-state index contributed by atoms with van der Waals surface area (Å²) in [6.07, 6.45) is 4.40. The molecule has 0 aromatic heterocycles. The number of guanidine groups is 1. The van der Waals surface area contributed by atoms with Gasteiger partial charge in [-0.1, -0.05) is 24.3 Å². The molecule has 1 aromatic carbocycles. The van der Waals surface area contributed by atoms with Crippen LogP contribution in [-0.4, -0.2) is 70.0 Å². The molecule has 0 radical (unpaired) electrons. The molecule has 0 bridgehead atoms. The van der Waals surface area contributed by atoms with E-state index in [1.165, 1.54) is 11.1 Å². The Morgan fingerprint density at radius 2 is 2.00 bits per heavy atom. The average molecular weight is 530 g/mol. The zero-order chi connectivity index (χ0) is 20.3. The summed E-state index contributed by atoms with van der Waals surface area (Å²) in [5.74, 6) is 1.55. The summed E-state index contributed by atoms with van der Waals surface area (Å²) in [4.78, 5) is 6.90. The highest BCUT2D eigenvalue weighted by Crippen LogP contribution is 2.20. The average Bonchev–Trinajstić information content (AvgIpc) is 2.78. The molecule has 2 heterocycles. The van der Waals surface area contributed by atoms with E-state index in [0.29, 0.717) is 12.0 Å². The van der Waals surface area contributed by atoms with Crippen LogP contribution in [0, 0.1) is 5.92 Å². The normalized spacial score (nSPS) is 18.9. The van der Waals surface area contributed by atoms with Crippen molar-refractivity contribution in [1.82, 2.24) is 15.5 Å². The molecule has 2 aliphatic heterocycles. The van der Waals surface area contributed by atoms with Crippen molar-refractivity contribution < 1.29 is 9.47 Å². The Labute approximate surface area is 199 Å². The van der Waals surface area contributed by atoms with Crippen LogP contribution < -0.4 is 10.6 Å². The zero-order valence-electron chi connectivity index (χ0n) is 18.6. The maximum atomic E-state index is 5.83. The molecule has 2 aliphatic rings. The number of aliphatic imine (C=N–C) groups is 1. The van der Waals surface area contributed by atoms with E-state index in [-0.39, 0.29) is 24.0 Å². The smallest absolute Gasteiger partial charge is 0.191 e. The molecule has 30 heavy (non-hydrogen) atoms. The molecule has 7 heteroatoms. The highest BCUT2D eigenvalue weighted by molar-refractivity contribution is 14.0. The molecule has 2 N–H and O–H groups in total. The van der Waals surface area contributed by atoms with Gasteiger partial charge >= 0.3 is 0 Å². The van der Waals surface area contributed by atoms with Gasteiger partial charge in [-0.3, -0.25) is 9.89 Å². The van der Waals surface area contributed by atoms with Crippen molar-refractivity contribution in [2.24, 2.45) is 10.9 Å². The summed E-state index contributed by atoms with van der Waals surface area (Å²) in [6.45, 7) is 9.66. The van der Waals surface area contributed by atoms with Crippen LogP contribution in [0.2, 0.25) is 0 Å². The van der Waals surface area contributed by atoms with Crippen molar-refractivity contribution in [3.8, 4) is 0 Å². The molecule has 170 valence electrons. The Balaban J connectivity index is 0.00000320. The van der Waals surface area contributed by atoms with Crippen LogP contribution in [0.15, 0.2) is 29.3 Å². The standard InChI is InChI=1S/C23H38N4O2.HI/c1-19(27-12-8-21-6-3-4-7-22(21)17-27)16-26-23(24-2)25-11-5-13-29-18-20-9-14-28-15-10-20;/h3-4,6-7,19-20H,5,8-18H2,1-2H3,(H2,24,25,26);1H. The molecule has 1 saturated heterocycles. The summed E-state index contributed by atoms with van der Waals surface area (Å²) in [5, 5.41) is 6.88. The SMILES string of the molecule is CN=C(NCCCOCC1CCOCC1)NCC(C)N1CCc2ccccc2C1.I. The van der Waals surface area contributed by atoms with Crippen molar-refractivity contribution >= 4 is 29.9 Å². The highest BCUT2D eigenvalue weighted by atomic mass is 127. The Hall–Kier alpha value is -0.900. The molecule has 1 atom stereocenters. The number of benzene rings is 1. The topological polar surface area (TPSA) is 58.1 Å². The van der Waals surface area contributed by atoms with Gasteiger partial charge in [0.2, 0.25) is 0 Å². The van der Waals surface area contributed by atoms with Gasteiger partial charge in [0.1, 0.15) is 0 Å². The molecule has 0 aliphatic carbocycles. The van der Waals surface area contributed by atoms with E-state index in [1.54, 1.807) is 0 Å². The van der Waals surface area contributed by atoms with Crippen LogP contribution in [0.3, 0.4) is 0 Å². The van der Waals surface area contributed by atoms with Crippen molar-refractivity contribution in [1.29, 1.82) is 0 Å². The van der Waals surface area contributed by atoms with E-state index >= 15 is 0 Å². The minimum Gasteiger partial charge on any atom is -0.381 e. The number of ether oxygens (including phenoxy) is 2. The predicted molar refractivity (Wildman–Crippen MR) is 134 cm³/mol. The van der Waals surface area contributed by atoms with E-state index in [2.05, 4.69) is 51.7 Å². The van der Waals surface area contributed by atoms with Gasteiger partial charge in [0.15, 0.2) is 5.96 Å². The molecule has 0 amide bonds. The van der Waals surface area contributed by atoms with Crippen molar-refractivity contribution in [3.05, 3.63) is 35.4 Å². The maximum absolute atomic E-state index is 5.83. The first-order chi connectivity index (χ1) is 14.3. The minimum atomic E-state index is 0. The van der Waals surface area contributed by atoms with Crippen LogP contribution in [-0.2, 0) is 22.4 Å². The van der Waals surface area contributed by atoms with Crippen molar-refractivity contribution in [3.63, 3.8) is 0 Å². The van der Waals surface area contributed by atoms with E-state index in [0.717, 1.165) is 84.2 Å². The maximum Gasteiger partial charge on any atom is 0.191 e. The molecule has 0 saturated carbocycles. The van der Waals surface area contributed by atoms with Gasteiger partial charge in [0.05, 0.1) is 0 Å². The third-order valence-electron chi connectivity index (χ3n) is 6.02. The number of rotatable bonds is 9. The first kappa shape index (κ1) is 25.4. The fourth-order valence-electron chi connectivity index (χ4n) is 4.03. The van der Waals surface area contributed by atoms with Crippen LogP contribution in [0.25, 0.3) is 0 Å². The van der Waals surface area contributed by atoms with Gasteiger partial charge in [-0.2, -0.15) is 0 Å². The summed E-state index contributed by atoms with van der Waals surface area (Å²) in [7, 11) is 1.83. The molecular weight excluding hydrogens is 491 g/mol. The highest BCUT2D eigenvalue weighted by Gasteiger charge is 2.20.